The summed E-state index contributed by atoms with van der Waals surface area (Å²) in [6.45, 7) is 3.21. The molecule has 0 aliphatic rings. The summed E-state index contributed by atoms with van der Waals surface area (Å²) in [6, 6.07) is 2.14. The molecule has 2 heterocycles. The minimum Gasteiger partial charge on any atom is -0.396 e. The molecular formula is C13H21N5OS. The molecule has 0 spiro atoms. The maximum atomic E-state index is 8.76. The zero-order valence-corrected chi connectivity index (χ0v) is 12.5. The Labute approximate surface area is 122 Å². The molecule has 0 aromatic carbocycles. The van der Waals surface area contributed by atoms with Crippen molar-refractivity contribution in [2.45, 2.75) is 32.6 Å². The SMILES string of the molecule is CCc1cc2c(NCCCCCO)nc(NN)nc2s1. The van der Waals surface area contributed by atoms with Gasteiger partial charge in [-0.05, 0) is 31.7 Å². The number of hydrogen-bond donors (Lipinski definition) is 4. The maximum absolute atomic E-state index is 8.76. The fraction of sp³-hybridized carbons (Fsp3) is 0.538. The van der Waals surface area contributed by atoms with Gasteiger partial charge in [0.15, 0.2) is 0 Å². The Morgan fingerprint density at radius 1 is 1.30 bits per heavy atom. The van der Waals surface area contributed by atoms with Crippen molar-refractivity contribution in [3.63, 3.8) is 0 Å². The summed E-state index contributed by atoms with van der Waals surface area (Å²) < 4.78 is 0. The van der Waals surface area contributed by atoms with Gasteiger partial charge in [-0.25, -0.2) is 10.8 Å². The number of nitrogens with one attached hydrogen (secondary N) is 2. The lowest BCUT2D eigenvalue weighted by molar-refractivity contribution is 0.283. The van der Waals surface area contributed by atoms with Crippen LogP contribution in [0.25, 0.3) is 10.2 Å². The van der Waals surface area contributed by atoms with Gasteiger partial charge in [0.05, 0.1) is 5.39 Å². The van der Waals surface area contributed by atoms with E-state index in [0.717, 1.165) is 48.3 Å². The number of aliphatic hydroxyl groups excluding tert-OH is 1. The molecule has 0 unspecified atom stereocenters. The summed E-state index contributed by atoms with van der Waals surface area (Å²) >= 11 is 1.67. The van der Waals surface area contributed by atoms with E-state index >= 15 is 0 Å². The molecule has 0 radical (unpaired) electrons. The Morgan fingerprint density at radius 3 is 2.85 bits per heavy atom. The molecule has 0 aliphatic heterocycles. The number of fused-ring (bicyclic) bond motifs is 1. The number of nitrogens with zero attached hydrogens (tertiary/aromatic N) is 2. The molecule has 2 aromatic rings. The van der Waals surface area contributed by atoms with Crippen LogP contribution in [0, 0.1) is 0 Å². The number of hydrogen-bond acceptors (Lipinski definition) is 7. The smallest absolute Gasteiger partial charge is 0.240 e. The maximum Gasteiger partial charge on any atom is 0.240 e. The van der Waals surface area contributed by atoms with Crippen LogP contribution in [0.4, 0.5) is 11.8 Å². The van der Waals surface area contributed by atoms with Crippen LogP contribution in [-0.2, 0) is 6.42 Å². The first-order valence-corrected chi connectivity index (χ1v) is 7.72. The number of anilines is 2. The highest BCUT2D eigenvalue weighted by Gasteiger charge is 2.10. The zero-order valence-electron chi connectivity index (χ0n) is 11.6. The van der Waals surface area contributed by atoms with Crippen molar-refractivity contribution in [1.29, 1.82) is 0 Å². The van der Waals surface area contributed by atoms with Crippen LogP contribution in [0.5, 0.6) is 0 Å². The quantitative estimate of drug-likeness (QED) is 0.338. The topological polar surface area (TPSA) is 96.1 Å². The minimum atomic E-state index is 0.253. The average Bonchev–Trinajstić information content (AvgIpc) is 2.89. The molecule has 0 amide bonds. The fourth-order valence-corrected chi connectivity index (χ4v) is 2.93. The molecule has 0 fully saturated rings. The van der Waals surface area contributed by atoms with Crippen molar-refractivity contribution in [1.82, 2.24) is 9.97 Å². The van der Waals surface area contributed by atoms with Gasteiger partial charge in [-0.1, -0.05) is 6.92 Å². The standard InChI is InChI=1S/C13H21N5OS/c1-2-9-8-10-11(15-6-4-3-5-7-19)16-13(18-14)17-12(10)20-9/h8,19H,2-7,14H2,1H3,(H2,15,16,17,18). The number of nitrogens with two attached hydrogens (primary N) is 1. The third-order valence-electron chi connectivity index (χ3n) is 3.05. The van der Waals surface area contributed by atoms with Gasteiger partial charge >= 0.3 is 0 Å². The third-order valence-corrected chi connectivity index (χ3v) is 4.22. The fourth-order valence-electron chi connectivity index (χ4n) is 1.97. The van der Waals surface area contributed by atoms with Crippen molar-refractivity contribution < 1.29 is 5.11 Å². The lowest BCUT2D eigenvalue weighted by Crippen LogP contribution is -2.12. The molecule has 7 heteroatoms. The van der Waals surface area contributed by atoms with Crippen LogP contribution >= 0.6 is 11.3 Å². The number of aliphatic hydroxyl groups is 1. The monoisotopic (exact) mass is 295 g/mol. The largest absolute Gasteiger partial charge is 0.396 e. The highest BCUT2D eigenvalue weighted by molar-refractivity contribution is 7.18. The predicted molar refractivity (Wildman–Crippen MR) is 84.0 cm³/mol. The second kappa shape index (κ2) is 7.37. The van der Waals surface area contributed by atoms with Gasteiger partial charge in [-0.15, -0.1) is 11.3 Å². The molecule has 110 valence electrons. The lowest BCUT2D eigenvalue weighted by atomic mass is 10.2. The first-order valence-electron chi connectivity index (χ1n) is 6.90. The van der Waals surface area contributed by atoms with E-state index in [1.54, 1.807) is 11.3 Å². The molecular weight excluding hydrogens is 274 g/mol. The molecule has 20 heavy (non-hydrogen) atoms. The van der Waals surface area contributed by atoms with E-state index in [1.165, 1.54) is 4.88 Å². The number of nitrogen functional groups attached to an aromatic ring is 1. The first kappa shape index (κ1) is 15.0. The van der Waals surface area contributed by atoms with Crippen molar-refractivity contribution in [3.8, 4) is 0 Å². The van der Waals surface area contributed by atoms with E-state index in [9.17, 15) is 0 Å². The molecule has 0 atom stereocenters. The summed E-state index contributed by atoms with van der Waals surface area (Å²) in [7, 11) is 0. The first-order chi connectivity index (χ1) is 9.78. The van der Waals surface area contributed by atoms with E-state index in [1.807, 2.05) is 0 Å². The van der Waals surface area contributed by atoms with Gasteiger partial charge < -0.3 is 10.4 Å². The van der Waals surface area contributed by atoms with Crippen molar-refractivity contribution in [2.75, 3.05) is 23.9 Å². The van der Waals surface area contributed by atoms with Crippen LogP contribution in [0.2, 0.25) is 0 Å². The summed E-state index contributed by atoms with van der Waals surface area (Å²) in [5, 5.41) is 13.1. The molecule has 5 N–H and O–H groups in total. The van der Waals surface area contributed by atoms with Gasteiger partial charge in [0.25, 0.3) is 0 Å². The number of hydrazine groups is 1. The van der Waals surface area contributed by atoms with Crippen LogP contribution in [0.3, 0.4) is 0 Å². The summed E-state index contributed by atoms with van der Waals surface area (Å²) in [4.78, 5) is 11.0. The second-order valence-electron chi connectivity index (χ2n) is 4.54. The number of unbranched alkanes of at least 4 members (excludes halogenated alkanes) is 2. The van der Waals surface area contributed by atoms with Gasteiger partial charge in [0, 0.05) is 18.0 Å². The Morgan fingerprint density at radius 2 is 2.15 bits per heavy atom. The summed E-state index contributed by atoms with van der Waals surface area (Å²) in [5.41, 5.74) is 2.51. The number of rotatable bonds is 8. The molecule has 0 saturated heterocycles. The van der Waals surface area contributed by atoms with Gasteiger partial charge in [-0.2, -0.15) is 4.98 Å². The Balaban J connectivity index is 2.14. The van der Waals surface area contributed by atoms with E-state index in [4.69, 9.17) is 10.9 Å². The normalized spacial score (nSPS) is 10.9. The van der Waals surface area contributed by atoms with Crippen LogP contribution in [0.15, 0.2) is 6.07 Å². The summed E-state index contributed by atoms with van der Waals surface area (Å²) in [5.74, 6) is 6.67. The highest BCUT2D eigenvalue weighted by Crippen LogP contribution is 2.30. The number of thiophene rings is 1. The average molecular weight is 295 g/mol. The zero-order chi connectivity index (χ0) is 14.4. The van der Waals surface area contributed by atoms with Crippen molar-refractivity contribution in [3.05, 3.63) is 10.9 Å². The molecule has 2 rings (SSSR count). The molecule has 6 nitrogen and oxygen atoms in total. The number of aryl methyl sites for hydroxylation is 1. The van der Waals surface area contributed by atoms with Gasteiger partial charge in [0.1, 0.15) is 10.6 Å². The highest BCUT2D eigenvalue weighted by atomic mass is 32.1. The lowest BCUT2D eigenvalue weighted by Gasteiger charge is -2.08. The van der Waals surface area contributed by atoms with E-state index in [-0.39, 0.29) is 6.61 Å². The Kier molecular flexibility index (Phi) is 5.51. The number of aromatic nitrogens is 2. The van der Waals surface area contributed by atoms with Crippen LogP contribution < -0.4 is 16.6 Å². The molecule has 0 saturated carbocycles. The third kappa shape index (κ3) is 3.56. The summed E-state index contributed by atoms with van der Waals surface area (Å²) in [6.07, 6.45) is 3.84. The molecule has 0 aliphatic carbocycles. The molecule has 2 aromatic heterocycles. The Hall–Kier alpha value is -1.44. The van der Waals surface area contributed by atoms with Crippen LogP contribution in [-0.4, -0.2) is 28.2 Å². The molecule has 0 bridgehead atoms. The predicted octanol–water partition coefficient (Wildman–Crippen LogP) is 2.11. The Bertz CT molecular complexity index is 557. The second-order valence-corrected chi connectivity index (χ2v) is 5.65. The van der Waals surface area contributed by atoms with E-state index < -0.39 is 0 Å². The van der Waals surface area contributed by atoms with Crippen molar-refractivity contribution in [2.24, 2.45) is 5.84 Å². The van der Waals surface area contributed by atoms with Gasteiger partial charge in [-0.3, -0.25) is 5.43 Å². The van der Waals surface area contributed by atoms with E-state index in [2.05, 4.69) is 33.7 Å². The minimum absolute atomic E-state index is 0.253. The van der Waals surface area contributed by atoms with Crippen LogP contribution in [0.1, 0.15) is 31.1 Å². The van der Waals surface area contributed by atoms with Gasteiger partial charge in [0.2, 0.25) is 5.95 Å². The van der Waals surface area contributed by atoms with Crippen molar-refractivity contribution >= 4 is 33.3 Å². The van der Waals surface area contributed by atoms with E-state index in [0.29, 0.717) is 5.95 Å².